The number of hydrogen-bond donors (Lipinski definition) is 0. The van der Waals surface area contributed by atoms with Crippen LogP contribution >= 0.6 is 0 Å². The second-order valence-corrected chi connectivity index (χ2v) is 6.95. The Balaban J connectivity index is 1.77. The van der Waals surface area contributed by atoms with E-state index in [9.17, 15) is 4.79 Å². The summed E-state index contributed by atoms with van der Waals surface area (Å²) < 4.78 is 11.0. The van der Waals surface area contributed by atoms with Crippen LogP contribution in [0, 0.1) is 23.7 Å². The minimum atomic E-state index is -0.244. The van der Waals surface area contributed by atoms with E-state index >= 15 is 0 Å². The number of carbonyl (C=O) groups is 1. The quantitative estimate of drug-likeness (QED) is 0.757. The van der Waals surface area contributed by atoms with E-state index in [1.807, 2.05) is 6.92 Å². The van der Waals surface area contributed by atoms with Crippen LogP contribution in [0.5, 0.6) is 0 Å². The van der Waals surface area contributed by atoms with Crippen molar-refractivity contribution in [2.75, 3.05) is 0 Å². The fraction of sp³-hybridized carbons (Fsp3) is 0.688. The van der Waals surface area contributed by atoms with E-state index in [1.165, 1.54) is 12.7 Å². The minimum absolute atomic E-state index is 0.0453. The highest BCUT2D eigenvalue weighted by Crippen LogP contribution is 2.66. The zero-order valence-electron chi connectivity index (χ0n) is 12.2. The molecule has 1 aromatic heterocycles. The molecule has 0 radical (unpaired) electrons. The second kappa shape index (κ2) is 3.87. The molecule has 0 aliphatic heterocycles. The summed E-state index contributed by atoms with van der Waals surface area (Å²) in [5, 5.41) is 0. The van der Waals surface area contributed by atoms with Gasteiger partial charge in [-0.15, -0.1) is 0 Å². The normalized spacial score (nSPS) is 35.6. The van der Waals surface area contributed by atoms with E-state index in [4.69, 9.17) is 9.15 Å². The van der Waals surface area contributed by atoms with Gasteiger partial charge in [-0.2, -0.15) is 0 Å². The van der Waals surface area contributed by atoms with Gasteiger partial charge in [0.1, 0.15) is 18.1 Å². The van der Waals surface area contributed by atoms with Gasteiger partial charge in [0.2, 0.25) is 0 Å². The van der Waals surface area contributed by atoms with Gasteiger partial charge >= 0.3 is 5.97 Å². The van der Waals surface area contributed by atoms with Crippen LogP contribution in [0.15, 0.2) is 16.7 Å². The number of ether oxygens (including phenoxy) is 1. The van der Waals surface area contributed by atoms with Crippen LogP contribution in [0.3, 0.4) is 0 Å². The van der Waals surface area contributed by atoms with Crippen LogP contribution in [-0.2, 0) is 4.74 Å². The van der Waals surface area contributed by atoms with Crippen LogP contribution < -0.4 is 0 Å². The Kier molecular flexibility index (Phi) is 2.60. The molecule has 0 amide bonds. The van der Waals surface area contributed by atoms with E-state index in [2.05, 4.69) is 20.8 Å². The van der Waals surface area contributed by atoms with Gasteiger partial charge in [0.25, 0.3) is 0 Å². The van der Waals surface area contributed by atoms with Crippen molar-refractivity contribution in [1.82, 2.24) is 0 Å². The maximum Gasteiger partial charge on any atom is 0.341 e. The first-order valence-corrected chi connectivity index (χ1v) is 7.11. The molecule has 3 nitrogen and oxygen atoms in total. The van der Waals surface area contributed by atoms with Gasteiger partial charge in [-0.05, 0) is 43.6 Å². The van der Waals surface area contributed by atoms with Crippen molar-refractivity contribution < 1.29 is 13.9 Å². The molecule has 0 aromatic carbocycles. The Morgan fingerprint density at radius 2 is 2.16 bits per heavy atom. The molecule has 0 N–H and O–H groups in total. The van der Waals surface area contributed by atoms with Gasteiger partial charge in [-0.3, -0.25) is 0 Å². The molecule has 2 bridgehead atoms. The van der Waals surface area contributed by atoms with Gasteiger partial charge < -0.3 is 9.15 Å². The Labute approximate surface area is 114 Å². The summed E-state index contributed by atoms with van der Waals surface area (Å²) in [4.78, 5) is 12.2. The van der Waals surface area contributed by atoms with Crippen LogP contribution in [0.25, 0.3) is 0 Å². The fourth-order valence-electron chi connectivity index (χ4n) is 4.06. The number of fused-ring (bicyclic) bond motifs is 2. The van der Waals surface area contributed by atoms with E-state index in [0.717, 1.165) is 18.6 Å². The van der Waals surface area contributed by atoms with Crippen LogP contribution in [-0.4, -0.2) is 12.1 Å². The predicted octanol–water partition coefficient (Wildman–Crippen LogP) is 3.96. The lowest BCUT2D eigenvalue weighted by Crippen LogP contribution is -2.38. The third-order valence-electron chi connectivity index (χ3n) is 5.93. The molecule has 1 heterocycles. The number of hydrogen-bond acceptors (Lipinski definition) is 3. The standard InChI is InChI=1S/C16H22O3/c1-10-7-11(9-18-10)14(17)19-13-8-12-5-6-16(13,4)15(12,2)3/h7,9,12-13H,5-6,8H2,1-4H3. The van der Waals surface area contributed by atoms with Gasteiger partial charge in [-0.1, -0.05) is 20.8 Å². The summed E-state index contributed by atoms with van der Waals surface area (Å²) >= 11 is 0. The molecule has 104 valence electrons. The Morgan fingerprint density at radius 3 is 2.63 bits per heavy atom. The highest BCUT2D eigenvalue weighted by atomic mass is 16.5. The molecule has 3 unspecified atom stereocenters. The largest absolute Gasteiger partial charge is 0.469 e. The van der Waals surface area contributed by atoms with Crippen LogP contribution in [0.4, 0.5) is 0 Å². The minimum Gasteiger partial charge on any atom is -0.469 e. The van der Waals surface area contributed by atoms with Gasteiger partial charge in [0, 0.05) is 5.41 Å². The Bertz CT molecular complexity index is 514. The van der Waals surface area contributed by atoms with E-state index in [1.54, 1.807) is 6.07 Å². The molecule has 0 spiro atoms. The monoisotopic (exact) mass is 262 g/mol. The second-order valence-electron chi connectivity index (χ2n) is 6.95. The van der Waals surface area contributed by atoms with Crippen molar-refractivity contribution >= 4 is 5.97 Å². The highest BCUT2D eigenvalue weighted by Gasteiger charge is 2.62. The lowest BCUT2D eigenvalue weighted by Gasteiger charge is -2.38. The number of aryl methyl sites for hydroxylation is 1. The average molecular weight is 262 g/mol. The van der Waals surface area contributed by atoms with E-state index in [-0.39, 0.29) is 22.9 Å². The van der Waals surface area contributed by atoms with Crippen molar-refractivity contribution in [3.63, 3.8) is 0 Å². The maximum atomic E-state index is 12.2. The van der Waals surface area contributed by atoms with Gasteiger partial charge in [0.05, 0.1) is 5.56 Å². The first-order valence-electron chi connectivity index (χ1n) is 7.11. The van der Waals surface area contributed by atoms with Crippen molar-refractivity contribution in [1.29, 1.82) is 0 Å². The number of furan rings is 1. The maximum absolute atomic E-state index is 12.2. The topological polar surface area (TPSA) is 39.4 Å². The molecule has 2 aliphatic rings. The third kappa shape index (κ3) is 1.67. The third-order valence-corrected chi connectivity index (χ3v) is 5.93. The summed E-state index contributed by atoms with van der Waals surface area (Å²) in [6.45, 7) is 8.75. The predicted molar refractivity (Wildman–Crippen MR) is 71.9 cm³/mol. The highest BCUT2D eigenvalue weighted by molar-refractivity contribution is 5.89. The first kappa shape index (κ1) is 12.8. The zero-order chi connectivity index (χ0) is 13.8. The van der Waals surface area contributed by atoms with Crippen molar-refractivity contribution in [2.24, 2.45) is 16.7 Å². The van der Waals surface area contributed by atoms with Crippen molar-refractivity contribution in [3.8, 4) is 0 Å². The summed E-state index contributed by atoms with van der Waals surface area (Å²) in [7, 11) is 0. The molecular weight excluding hydrogens is 240 g/mol. The smallest absolute Gasteiger partial charge is 0.341 e. The van der Waals surface area contributed by atoms with Gasteiger partial charge in [0.15, 0.2) is 0 Å². The summed E-state index contributed by atoms with van der Waals surface area (Å²) in [5.41, 5.74) is 0.915. The fourth-order valence-corrected chi connectivity index (χ4v) is 4.06. The number of carbonyl (C=O) groups excluding carboxylic acids is 1. The summed E-state index contributed by atoms with van der Waals surface area (Å²) in [6, 6.07) is 1.74. The molecule has 2 fully saturated rings. The lowest BCUT2D eigenvalue weighted by atomic mass is 9.70. The first-order chi connectivity index (χ1) is 8.84. The zero-order valence-corrected chi connectivity index (χ0v) is 12.2. The van der Waals surface area contributed by atoms with E-state index < -0.39 is 0 Å². The summed E-state index contributed by atoms with van der Waals surface area (Å²) in [6.07, 6.45) is 4.96. The SMILES string of the molecule is Cc1cc(C(=O)OC2CC3CCC2(C)C3(C)C)co1. The number of rotatable bonds is 2. The molecule has 2 aliphatic carbocycles. The van der Waals surface area contributed by atoms with Crippen molar-refractivity contribution in [2.45, 2.75) is 53.1 Å². The Hall–Kier alpha value is -1.25. The summed E-state index contributed by atoms with van der Waals surface area (Å²) in [5.74, 6) is 1.18. The lowest BCUT2D eigenvalue weighted by molar-refractivity contribution is -0.0243. The number of esters is 1. The molecule has 19 heavy (non-hydrogen) atoms. The molecule has 1 aromatic rings. The van der Waals surface area contributed by atoms with Crippen LogP contribution in [0.2, 0.25) is 0 Å². The van der Waals surface area contributed by atoms with Crippen molar-refractivity contribution in [3.05, 3.63) is 23.7 Å². The molecular formula is C16H22O3. The average Bonchev–Trinajstić information content (AvgIpc) is 2.91. The van der Waals surface area contributed by atoms with Crippen LogP contribution in [0.1, 0.15) is 56.2 Å². The molecule has 3 heteroatoms. The molecule has 0 saturated heterocycles. The molecule has 3 atom stereocenters. The van der Waals surface area contributed by atoms with Gasteiger partial charge in [-0.25, -0.2) is 4.79 Å². The molecule has 2 saturated carbocycles. The molecule has 3 rings (SSSR count). The Morgan fingerprint density at radius 1 is 1.42 bits per heavy atom. The van der Waals surface area contributed by atoms with E-state index in [0.29, 0.717) is 11.5 Å².